The fourth-order valence-corrected chi connectivity index (χ4v) is 2.22. The van der Waals surface area contributed by atoms with Crippen LogP contribution in [0.15, 0.2) is 18.2 Å². The van der Waals surface area contributed by atoms with Crippen molar-refractivity contribution >= 4 is 11.7 Å². The number of aryl methyl sites for hydroxylation is 1. The summed E-state index contributed by atoms with van der Waals surface area (Å²) in [5.41, 5.74) is 2.62. The molecule has 2 amide bonds. The number of hydrogen-bond acceptors (Lipinski definition) is 3. The minimum absolute atomic E-state index is 0.0878. The first-order valence-corrected chi connectivity index (χ1v) is 7.11. The lowest BCUT2D eigenvalue weighted by molar-refractivity contribution is 0.189. The SMILES string of the molecule is CCc1cc(C#CCO)ccc1NC(=O)NC1CCOC1. The van der Waals surface area contributed by atoms with Crippen molar-refractivity contribution in [1.29, 1.82) is 0 Å². The summed E-state index contributed by atoms with van der Waals surface area (Å²) in [6, 6.07) is 5.47. The molecule has 1 saturated heterocycles. The maximum absolute atomic E-state index is 12.0. The van der Waals surface area contributed by atoms with Gasteiger partial charge in [-0.3, -0.25) is 0 Å². The van der Waals surface area contributed by atoms with Gasteiger partial charge >= 0.3 is 6.03 Å². The molecule has 1 aromatic carbocycles. The van der Waals surface area contributed by atoms with E-state index in [0.29, 0.717) is 13.2 Å². The number of ether oxygens (including phenoxy) is 1. The number of anilines is 1. The molecule has 1 unspecified atom stereocenters. The van der Waals surface area contributed by atoms with E-state index in [1.165, 1.54) is 0 Å². The third-order valence-electron chi connectivity index (χ3n) is 3.31. The third kappa shape index (κ3) is 4.48. The van der Waals surface area contributed by atoms with Crippen LogP contribution in [0, 0.1) is 11.8 Å². The average molecular weight is 288 g/mol. The molecule has 5 nitrogen and oxygen atoms in total. The fourth-order valence-electron chi connectivity index (χ4n) is 2.22. The number of urea groups is 1. The number of hydrogen-bond donors (Lipinski definition) is 3. The minimum atomic E-state index is -0.214. The Hall–Kier alpha value is -2.03. The number of amides is 2. The van der Waals surface area contributed by atoms with Crippen molar-refractivity contribution in [2.75, 3.05) is 25.1 Å². The van der Waals surface area contributed by atoms with Gasteiger partial charge in [-0.2, -0.15) is 0 Å². The van der Waals surface area contributed by atoms with Gasteiger partial charge in [-0.25, -0.2) is 4.79 Å². The van der Waals surface area contributed by atoms with Crippen LogP contribution >= 0.6 is 0 Å². The quantitative estimate of drug-likeness (QED) is 0.738. The number of nitrogens with one attached hydrogen (secondary N) is 2. The highest BCUT2D eigenvalue weighted by Gasteiger charge is 2.18. The number of benzene rings is 1. The van der Waals surface area contributed by atoms with Crippen LogP contribution in [0.2, 0.25) is 0 Å². The molecule has 1 fully saturated rings. The predicted molar refractivity (Wildman–Crippen MR) is 81.2 cm³/mol. The molecule has 0 radical (unpaired) electrons. The van der Waals surface area contributed by atoms with E-state index in [4.69, 9.17) is 9.84 Å². The van der Waals surface area contributed by atoms with Crippen molar-refractivity contribution in [3.8, 4) is 11.8 Å². The van der Waals surface area contributed by atoms with Gasteiger partial charge in [0.15, 0.2) is 0 Å². The molecule has 1 heterocycles. The average Bonchev–Trinajstić information content (AvgIpc) is 2.98. The van der Waals surface area contributed by atoms with Crippen LogP contribution in [0.4, 0.5) is 10.5 Å². The van der Waals surface area contributed by atoms with E-state index in [1.54, 1.807) is 0 Å². The summed E-state index contributed by atoms with van der Waals surface area (Å²) in [5, 5.41) is 14.5. The minimum Gasteiger partial charge on any atom is -0.384 e. The number of aliphatic hydroxyl groups is 1. The van der Waals surface area contributed by atoms with Crippen LogP contribution < -0.4 is 10.6 Å². The van der Waals surface area contributed by atoms with Crippen LogP contribution in [-0.4, -0.2) is 37.0 Å². The summed E-state index contributed by atoms with van der Waals surface area (Å²) in [6.07, 6.45) is 1.64. The van der Waals surface area contributed by atoms with E-state index in [-0.39, 0.29) is 18.7 Å². The van der Waals surface area contributed by atoms with Gasteiger partial charge in [0.2, 0.25) is 0 Å². The summed E-state index contributed by atoms with van der Waals surface area (Å²) in [5.74, 6) is 5.48. The maximum Gasteiger partial charge on any atom is 0.319 e. The highest BCUT2D eigenvalue weighted by atomic mass is 16.5. The Balaban J connectivity index is 2.02. The van der Waals surface area contributed by atoms with Gasteiger partial charge in [0.05, 0.1) is 12.6 Å². The Morgan fingerprint density at radius 3 is 3.05 bits per heavy atom. The molecule has 21 heavy (non-hydrogen) atoms. The molecule has 112 valence electrons. The zero-order valence-corrected chi connectivity index (χ0v) is 12.1. The van der Waals surface area contributed by atoms with Crippen molar-refractivity contribution in [2.24, 2.45) is 0 Å². The van der Waals surface area contributed by atoms with Crippen LogP contribution in [0.25, 0.3) is 0 Å². The smallest absolute Gasteiger partial charge is 0.319 e. The van der Waals surface area contributed by atoms with Crippen molar-refractivity contribution < 1.29 is 14.6 Å². The molecule has 5 heteroatoms. The summed E-state index contributed by atoms with van der Waals surface area (Å²) < 4.78 is 5.23. The van der Waals surface area contributed by atoms with Crippen molar-refractivity contribution in [3.05, 3.63) is 29.3 Å². The molecule has 0 bridgehead atoms. The Labute approximate surface area is 124 Å². The first kappa shape index (κ1) is 15.4. The van der Waals surface area contributed by atoms with Crippen LogP contribution in [0.3, 0.4) is 0 Å². The van der Waals surface area contributed by atoms with E-state index in [0.717, 1.165) is 29.7 Å². The van der Waals surface area contributed by atoms with E-state index in [1.807, 2.05) is 25.1 Å². The standard InChI is InChI=1S/C16H20N2O3/c1-2-13-10-12(4-3-8-19)5-6-15(13)18-16(20)17-14-7-9-21-11-14/h5-6,10,14,19H,2,7-9,11H2,1H3,(H2,17,18,20). The van der Waals surface area contributed by atoms with E-state index in [9.17, 15) is 4.79 Å². The van der Waals surface area contributed by atoms with Gasteiger partial charge < -0.3 is 20.5 Å². The number of aliphatic hydroxyl groups excluding tert-OH is 1. The second kappa shape index (κ2) is 7.67. The predicted octanol–water partition coefficient (Wildman–Crippen LogP) is 1.50. The molecular formula is C16H20N2O3. The van der Waals surface area contributed by atoms with Gasteiger partial charge in [-0.1, -0.05) is 18.8 Å². The maximum atomic E-state index is 12.0. The van der Waals surface area contributed by atoms with Crippen molar-refractivity contribution in [2.45, 2.75) is 25.8 Å². The second-order valence-corrected chi connectivity index (χ2v) is 4.84. The summed E-state index contributed by atoms with van der Waals surface area (Å²) in [7, 11) is 0. The van der Waals surface area contributed by atoms with Gasteiger partial charge in [-0.05, 0) is 36.6 Å². The van der Waals surface area contributed by atoms with Crippen molar-refractivity contribution in [1.82, 2.24) is 5.32 Å². The molecule has 1 aliphatic heterocycles. The molecule has 0 saturated carbocycles. The van der Waals surface area contributed by atoms with Crippen LogP contribution in [0.1, 0.15) is 24.5 Å². The Morgan fingerprint density at radius 1 is 1.52 bits per heavy atom. The van der Waals surface area contributed by atoms with E-state index >= 15 is 0 Å². The Kier molecular flexibility index (Phi) is 5.61. The normalized spacial score (nSPS) is 17.0. The monoisotopic (exact) mass is 288 g/mol. The molecule has 2 rings (SSSR count). The molecule has 3 N–H and O–H groups in total. The molecule has 1 aromatic rings. The molecule has 0 aliphatic carbocycles. The van der Waals surface area contributed by atoms with Crippen LogP contribution in [0.5, 0.6) is 0 Å². The molecule has 0 aromatic heterocycles. The number of carbonyl (C=O) groups excluding carboxylic acids is 1. The van der Waals surface area contributed by atoms with Crippen LogP contribution in [-0.2, 0) is 11.2 Å². The van der Waals surface area contributed by atoms with Crippen molar-refractivity contribution in [3.63, 3.8) is 0 Å². The van der Waals surface area contributed by atoms with Gasteiger partial charge in [0, 0.05) is 17.9 Å². The summed E-state index contributed by atoms with van der Waals surface area (Å²) >= 11 is 0. The summed E-state index contributed by atoms with van der Waals surface area (Å²) in [6.45, 7) is 3.13. The lowest BCUT2D eigenvalue weighted by Gasteiger charge is -2.14. The zero-order chi connectivity index (χ0) is 15.1. The Morgan fingerprint density at radius 2 is 2.38 bits per heavy atom. The number of rotatable bonds is 3. The lowest BCUT2D eigenvalue weighted by Crippen LogP contribution is -2.38. The highest BCUT2D eigenvalue weighted by Crippen LogP contribution is 2.18. The lowest BCUT2D eigenvalue weighted by atomic mass is 10.1. The first-order chi connectivity index (χ1) is 10.2. The highest BCUT2D eigenvalue weighted by molar-refractivity contribution is 5.90. The van der Waals surface area contributed by atoms with Gasteiger partial charge in [0.1, 0.15) is 6.61 Å². The largest absolute Gasteiger partial charge is 0.384 e. The van der Waals surface area contributed by atoms with Gasteiger partial charge in [-0.15, -0.1) is 0 Å². The van der Waals surface area contributed by atoms with E-state index in [2.05, 4.69) is 22.5 Å². The zero-order valence-electron chi connectivity index (χ0n) is 12.1. The van der Waals surface area contributed by atoms with Gasteiger partial charge in [0.25, 0.3) is 0 Å². The summed E-state index contributed by atoms with van der Waals surface area (Å²) in [4.78, 5) is 12.0. The first-order valence-electron chi connectivity index (χ1n) is 7.11. The third-order valence-corrected chi connectivity index (χ3v) is 3.31. The molecular weight excluding hydrogens is 268 g/mol. The molecule has 1 atom stereocenters. The Bertz CT molecular complexity index is 554. The molecule has 1 aliphatic rings. The molecule has 0 spiro atoms. The number of carbonyl (C=O) groups is 1. The topological polar surface area (TPSA) is 70.6 Å². The van der Waals surface area contributed by atoms with E-state index < -0.39 is 0 Å². The second-order valence-electron chi connectivity index (χ2n) is 4.84. The fraction of sp³-hybridized carbons (Fsp3) is 0.438.